The fourth-order valence-electron chi connectivity index (χ4n) is 4.99. The maximum Gasteiger partial charge on any atom is 0.227 e. The number of nitrogens with one attached hydrogen (secondary N) is 1. The fourth-order valence-corrected chi connectivity index (χ4v) is 4.99. The van der Waals surface area contributed by atoms with Crippen LogP contribution in [0.4, 0.5) is 5.69 Å². The molecular weight excluding hydrogens is 382 g/mol. The highest BCUT2D eigenvalue weighted by atomic mass is 16.5. The van der Waals surface area contributed by atoms with Gasteiger partial charge in [0.2, 0.25) is 11.8 Å². The highest BCUT2D eigenvalue weighted by molar-refractivity contribution is 5.97. The highest BCUT2D eigenvalue weighted by Crippen LogP contribution is 2.34. The Bertz CT molecular complexity index is 742. The van der Waals surface area contributed by atoms with Crippen molar-refractivity contribution in [1.82, 2.24) is 10.2 Å². The molecule has 7 heteroatoms. The Labute approximate surface area is 178 Å². The minimum atomic E-state index is -0.0388. The Morgan fingerprint density at radius 2 is 1.73 bits per heavy atom. The molecule has 1 aromatic carbocycles. The van der Waals surface area contributed by atoms with Gasteiger partial charge in [0, 0.05) is 38.0 Å². The summed E-state index contributed by atoms with van der Waals surface area (Å²) in [4.78, 5) is 29.6. The standard InChI is InChI=1S/C23H33N3O4/c27-21(8-9-22(28)26-14-17-30-20-7-3-2-6-19(20)26)24-18-23(10-4-1-5-11-23)25-12-15-29-16-13-25/h2-3,6-7H,1,4-5,8-18H2,(H,24,27). The van der Waals surface area contributed by atoms with Gasteiger partial charge in [-0.3, -0.25) is 14.5 Å². The lowest BCUT2D eigenvalue weighted by Crippen LogP contribution is -2.59. The van der Waals surface area contributed by atoms with Gasteiger partial charge in [-0.05, 0) is 25.0 Å². The van der Waals surface area contributed by atoms with Gasteiger partial charge in [-0.2, -0.15) is 0 Å². The molecule has 1 aliphatic carbocycles. The molecule has 1 saturated carbocycles. The Morgan fingerprint density at radius 3 is 2.53 bits per heavy atom. The predicted molar refractivity (Wildman–Crippen MR) is 115 cm³/mol. The first-order chi connectivity index (χ1) is 14.7. The predicted octanol–water partition coefficient (Wildman–Crippen LogP) is 2.34. The van der Waals surface area contributed by atoms with E-state index in [9.17, 15) is 9.59 Å². The lowest BCUT2D eigenvalue weighted by molar-refractivity contribution is -0.126. The molecule has 1 aromatic rings. The van der Waals surface area contributed by atoms with Gasteiger partial charge in [0.1, 0.15) is 12.4 Å². The number of para-hydroxylation sites is 2. The minimum Gasteiger partial charge on any atom is -0.490 e. The van der Waals surface area contributed by atoms with E-state index >= 15 is 0 Å². The second kappa shape index (κ2) is 9.79. The van der Waals surface area contributed by atoms with E-state index in [1.54, 1.807) is 4.90 Å². The zero-order valence-electron chi connectivity index (χ0n) is 17.7. The lowest BCUT2D eigenvalue weighted by Gasteiger charge is -2.48. The van der Waals surface area contributed by atoms with Gasteiger partial charge in [-0.1, -0.05) is 31.4 Å². The number of amides is 2. The van der Waals surface area contributed by atoms with Crippen LogP contribution >= 0.6 is 0 Å². The van der Waals surface area contributed by atoms with E-state index in [0.717, 1.165) is 50.6 Å². The van der Waals surface area contributed by atoms with Crippen LogP contribution in [0.3, 0.4) is 0 Å². The summed E-state index contributed by atoms with van der Waals surface area (Å²) in [7, 11) is 0. The van der Waals surface area contributed by atoms with Crippen molar-refractivity contribution in [2.45, 2.75) is 50.5 Å². The number of carbonyl (C=O) groups excluding carboxylic acids is 2. The molecule has 30 heavy (non-hydrogen) atoms. The maximum absolute atomic E-state index is 12.7. The molecule has 2 aliphatic heterocycles. The number of ether oxygens (including phenoxy) is 2. The number of morpholine rings is 1. The van der Waals surface area contributed by atoms with Gasteiger partial charge in [-0.25, -0.2) is 0 Å². The van der Waals surface area contributed by atoms with Crippen LogP contribution in [0.5, 0.6) is 5.75 Å². The molecule has 1 N–H and O–H groups in total. The Morgan fingerprint density at radius 1 is 0.967 bits per heavy atom. The van der Waals surface area contributed by atoms with E-state index in [2.05, 4.69) is 10.2 Å². The quantitative estimate of drug-likeness (QED) is 0.772. The molecule has 7 nitrogen and oxygen atoms in total. The van der Waals surface area contributed by atoms with E-state index in [-0.39, 0.29) is 30.2 Å². The number of benzene rings is 1. The molecule has 4 rings (SSSR count). The summed E-state index contributed by atoms with van der Waals surface area (Å²) >= 11 is 0. The summed E-state index contributed by atoms with van der Waals surface area (Å²) in [5, 5.41) is 3.15. The fraction of sp³-hybridized carbons (Fsp3) is 0.652. The van der Waals surface area contributed by atoms with Crippen LogP contribution in [0.1, 0.15) is 44.9 Å². The van der Waals surface area contributed by atoms with E-state index in [1.165, 1.54) is 19.3 Å². The smallest absolute Gasteiger partial charge is 0.227 e. The van der Waals surface area contributed by atoms with Crippen molar-refractivity contribution in [3.63, 3.8) is 0 Å². The molecule has 2 fully saturated rings. The van der Waals surface area contributed by atoms with Crippen LogP contribution in [0.15, 0.2) is 24.3 Å². The van der Waals surface area contributed by atoms with Crippen molar-refractivity contribution in [3.05, 3.63) is 24.3 Å². The first-order valence-electron chi connectivity index (χ1n) is 11.3. The first kappa shape index (κ1) is 21.1. The second-order valence-corrected chi connectivity index (χ2v) is 8.52. The summed E-state index contributed by atoms with van der Waals surface area (Å²) < 4.78 is 11.1. The molecule has 0 atom stereocenters. The van der Waals surface area contributed by atoms with Crippen LogP contribution in [-0.2, 0) is 14.3 Å². The SMILES string of the molecule is O=C(CCC(=O)N1CCOc2ccccc21)NCC1(N2CCOCC2)CCCCC1. The van der Waals surface area contributed by atoms with E-state index < -0.39 is 0 Å². The monoisotopic (exact) mass is 415 g/mol. The Kier molecular flexibility index (Phi) is 6.89. The van der Waals surface area contributed by atoms with Gasteiger partial charge in [-0.15, -0.1) is 0 Å². The molecule has 164 valence electrons. The number of hydrogen-bond acceptors (Lipinski definition) is 5. The Balaban J connectivity index is 1.29. The molecule has 3 aliphatic rings. The van der Waals surface area contributed by atoms with Crippen molar-refractivity contribution in [1.29, 1.82) is 0 Å². The molecule has 0 aromatic heterocycles. The molecular formula is C23H33N3O4. The number of carbonyl (C=O) groups is 2. The van der Waals surface area contributed by atoms with Gasteiger partial charge in [0.25, 0.3) is 0 Å². The highest BCUT2D eigenvalue weighted by Gasteiger charge is 2.38. The van der Waals surface area contributed by atoms with Crippen molar-refractivity contribution in [2.75, 3.05) is 50.9 Å². The van der Waals surface area contributed by atoms with Crippen molar-refractivity contribution in [3.8, 4) is 5.75 Å². The Hall–Kier alpha value is -2.12. The molecule has 0 spiro atoms. The summed E-state index contributed by atoms with van der Waals surface area (Å²) in [6, 6.07) is 7.56. The summed E-state index contributed by atoms with van der Waals surface area (Å²) in [6.45, 7) is 5.08. The zero-order chi connectivity index (χ0) is 20.8. The van der Waals surface area contributed by atoms with Crippen LogP contribution in [0.25, 0.3) is 0 Å². The topological polar surface area (TPSA) is 71.1 Å². The molecule has 2 amide bonds. The average Bonchev–Trinajstić information content (AvgIpc) is 2.82. The normalized spacial score (nSPS) is 21.4. The summed E-state index contributed by atoms with van der Waals surface area (Å²) in [5.41, 5.74) is 0.841. The van der Waals surface area contributed by atoms with Gasteiger partial charge < -0.3 is 19.7 Å². The van der Waals surface area contributed by atoms with Gasteiger partial charge >= 0.3 is 0 Å². The number of nitrogens with zero attached hydrogens (tertiary/aromatic N) is 2. The maximum atomic E-state index is 12.7. The second-order valence-electron chi connectivity index (χ2n) is 8.52. The number of rotatable bonds is 6. The van der Waals surface area contributed by atoms with Gasteiger partial charge in [0.15, 0.2) is 0 Å². The van der Waals surface area contributed by atoms with Crippen molar-refractivity contribution < 1.29 is 19.1 Å². The molecule has 1 saturated heterocycles. The molecule has 2 heterocycles. The number of hydrogen-bond donors (Lipinski definition) is 1. The van der Waals surface area contributed by atoms with E-state index in [4.69, 9.17) is 9.47 Å². The van der Waals surface area contributed by atoms with Crippen molar-refractivity contribution in [2.24, 2.45) is 0 Å². The van der Waals surface area contributed by atoms with Crippen LogP contribution in [0.2, 0.25) is 0 Å². The molecule has 0 bridgehead atoms. The van der Waals surface area contributed by atoms with Crippen LogP contribution in [-0.4, -0.2) is 68.3 Å². The van der Waals surface area contributed by atoms with E-state index in [1.807, 2.05) is 24.3 Å². The van der Waals surface area contributed by atoms with Crippen LogP contribution < -0.4 is 15.0 Å². The third kappa shape index (κ3) is 4.78. The third-order valence-electron chi connectivity index (χ3n) is 6.68. The van der Waals surface area contributed by atoms with Gasteiger partial charge in [0.05, 0.1) is 25.4 Å². The van der Waals surface area contributed by atoms with Crippen molar-refractivity contribution >= 4 is 17.5 Å². The van der Waals surface area contributed by atoms with E-state index in [0.29, 0.717) is 19.7 Å². The number of fused-ring (bicyclic) bond motifs is 1. The average molecular weight is 416 g/mol. The lowest BCUT2D eigenvalue weighted by atomic mass is 9.79. The third-order valence-corrected chi connectivity index (χ3v) is 6.68. The first-order valence-corrected chi connectivity index (χ1v) is 11.3. The minimum absolute atomic E-state index is 0.0264. The number of anilines is 1. The van der Waals surface area contributed by atoms with Crippen LogP contribution in [0, 0.1) is 0 Å². The molecule has 0 unspecified atom stereocenters. The molecule has 0 radical (unpaired) electrons. The summed E-state index contributed by atoms with van der Waals surface area (Å²) in [6.07, 6.45) is 6.37. The summed E-state index contributed by atoms with van der Waals surface area (Å²) in [5.74, 6) is 0.663. The largest absolute Gasteiger partial charge is 0.490 e. The zero-order valence-corrected chi connectivity index (χ0v) is 17.7.